The molecule has 168 valence electrons. The number of hydrogen-bond donors (Lipinski definition) is 2. The number of fused-ring (bicyclic) bond motifs is 2. The smallest absolute Gasteiger partial charge is 0.249 e. The first-order chi connectivity index (χ1) is 15.2. The number of amides is 2. The molecule has 5 rings (SSSR count). The zero-order valence-corrected chi connectivity index (χ0v) is 19.3. The first-order valence-corrected chi connectivity index (χ1v) is 11.5. The van der Waals surface area contributed by atoms with Gasteiger partial charge in [-0.05, 0) is 56.2 Å². The van der Waals surface area contributed by atoms with Crippen LogP contribution in [0.25, 0.3) is 22.3 Å². The van der Waals surface area contributed by atoms with Crippen LogP contribution in [0.1, 0.15) is 51.3 Å². The van der Waals surface area contributed by atoms with Crippen LogP contribution in [-0.2, 0) is 22.4 Å². The third kappa shape index (κ3) is 3.49. The fourth-order valence-corrected chi connectivity index (χ4v) is 5.14. The van der Waals surface area contributed by atoms with Crippen molar-refractivity contribution in [3.63, 3.8) is 0 Å². The van der Waals surface area contributed by atoms with Crippen molar-refractivity contribution in [2.75, 3.05) is 18.5 Å². The summed E-state index contributed by atoms with van der Waals surface area (Å²) in [4.78, 5) is 31.9. The SMILES string of the molecule is CC(C(=O)N(C)c1ccc2cc(-c3n[nH]c4c3CCC(C)(C)C4)[nH]c2c1)N1CCCC1=O. The molecule has 2 N–H and O–H groups in total. The number of benzene rings is 1. The Labute approximate surface area is 188 Å². The Morgan fingerprint density at radius 2 is 2.06 bits per heavy atom. The lowest BCUT2D eigenvalue weighted by Gasteiger charge is -2.28. The van der Waals surface area contributed by atoms with Gasteiger partial charge in [0.25, 0.3) is 0 Å². The maximum Gasteiger partial charge on any atom is 0.249 e. The summed E-state index contributed by atoms with van der Waals surface area (Å²) in [5, 5.41) is 8.97. The van der Waals surface area contributed by atoms with Crippen molar-refractivity contribution < 1.29 is 9.59 Å². The van der Waals surface area contributed by atoms with Crippen molar-refractivity contribution in [2.24, 2.45) is 5.41 Å². The lowest BCUT2D eigenvalue weighted by Crippen LogP contribution is -2.46. The standard InChI is InChI=1S/C25H31N5O2/c1-15(30-11-5-6-22(30)31)24(32)29(4)17-8-7-16-12-20(26-19(16)13-17)23-18-9-10-25(2,3)14-21(18)27-28-23/h7-8,12-13,15,26H,5-6,9-11,14H2,1-4H3,(H,27,28). The minimum absolute atomic E-state index is 0.0643. The molecule has 0 bridgehead atoms. The highest BCUT2D eigenvalue weighted by molar-refractivity contribution is 6.00. The molecule has 1 aliphatic carbocycles. The number of nitrogens with one attached hydrogen (secondary N) is 2. The summed E-state index contributed by atoms with van der Waals surface area (Å²) < 4.78 is 0. The predicted molar refractivity (Wildman–Crippen MR) is 126 cm³/mol. The highest BCUT2D eigenvalue weighted by atomic mass is 16.2. The van der Waals surface area contributed by atoms with E-state index in [1.807, 2.05) is 25.1 Å². The molecule has 0 spiro atoms. The first kappa shape index (κ1) is 20.8. The van der Waals surface area contributed by atoms with Crippen molar-refractivity contribution in [3.05, 3.63) is 35.5 Å². The van der Waals surface area contributed by atoms with Crippen LogP contribution < -0.4 is 4.90 Å². The van der Waals surface area contributed by atoms with Gasteiger partial charge < -0.3 is 14.8 Å². The lowest BCUT2D eigenvalue weighted by atomic mass is 9.76. The first-order valence-electron chi connectivity index (χ1n) is 11.5. The van der Waals surface area contributed by atoms with Crippen molar-refractivity contribution >= 4 is 28.4 Å². The largest absolute Gasteiger partial charge is 0.353 e. The Hall–Kier alpha value is -3.09. The van der Waals surface area contributed by atoms with Gasteiger partial charge in [0, 0.05) is 47.9 Å². The molecule has 1 aromatic carbocycles. The Balaban J connectivity index is 1.41. The summed E-state index contributed by atoms with van der Waals surface area (Å²) in [7, 11) is 1.77. The molecular formula is C25H31N5O2. The maximum atomic E-state index is 13.0. The number of anilines is 1. The number of carbonyl (C=O) groups is 2. The average Bonchev–Trinajstić information content (AvgIpc) is 3.47. The number of hydrogen-bond acceptors (Lipinski definition) is 3. The molecule has 2 amide bonds. The summed E-state index contributed by atoms with van der Waals surface area (Å²) in [5.74, 6) is -0.00945. The number of aromatic nitrogens is 3. The van der Waals surface area contributed by atoms with E-state index >= 15 is 0 Å². The summed E-state index contributed by atoms with van der Waals surface area (Å²) in [6.07, 6.45) is 4.56. The van der Waals surface area contributed by atoms with Crippen LogP contribution in [0.2, 0.25) is 0 Å². The highest BCUT2D eigenvalue weighted by Crippen LogP contribution is 2.38. The van der Waals surface area contributed by atoms with E-state index in [-0.39, 0.29) is 11.8 Å². The molecular weight excluding hydrogens is 402 g/mol. The Morgan fingerprint density at radius 3 is 2.81 bits per heavy atom. The summed E-state index contributed by atoms with van der Waals surface area (Å²) in [6.45, 7) is 7.08. The molecule has 1 saturated heterocycles. The normalized spacial score (nSPS) is 18.8. The molecule has 32 heavy (non-hydrogen) atoms. The predicted octanol–water partition coefficient (Wildman–Crippen LogP) is 4.05. The van der Waals surface area contributed by atoms with Crippen LogP contribution in [0.15, 0.2) is 24.3 Å². The number of H-pyrrole nitrogens is 2. The molecule has 3 aromatic rings. The van der Waals surface area contributed by atoms with E-state index in [9.17, 15) is 9.59 Å². The van der Waals surface area contributed by atoms with Crippen LogP contribution >= 0.6 is 0 Å². The summed E-state index contributed by atoms with van der Waals surface area (Å²) >= 11 is 0. The van der Waals surface area contributed by atoms with Gasteiger partial charge in [-0.3, -0.25) is 14.7 Å². The number of nitrogens with zero attached hydrogens (tertiary/aromatic N) is 3. The summed E-state index contributed by atoms with van der Waals surface area (Å²) in [6, 6.07) is 7.66. The van der Waals surface area contributed by atoms with Gasteiger partial charge in [0.15, 0.2) is 0 Å². The highest BCUT2D eigenvalue weighted by Gasteiger charge is 2.32. The number of rotatable bonds is 4. The molecule has 1 aliphatic heterocycles. The van der Waals surface area contributed by atoms with Gasteiger partial charge in [-0.1, -0.05) is 19.9 Å². The average molecular weight is 434 g/mol. The summed E-state index contributed by atoms with van der Waals surface area (Å²) in [5.41, 5.74) is 6.63. The molecule has 0 saturated carbocycles. The van der Waals surface area contributed by atoms with E-state index in [4.69, 9.17) is 0 Å². The van der Waals surface area contributed by atoms with Crippen molar-refractivity contribution in [1.29, 1.82) is 0 Å². The maximum absolute atomic E-state index is 13.0. The third-order valence-electron chi connectivity index (χ3n) is 7.17. The molecule has 7 heteroatoms. The van der Waals surface area contributed by atoms with Gasteiger partial charge in [-0.2, -0.15) is 5.10 Å². The topological polar surface area (TPSA) is 85.1 Å². The second-order valence-corrected chi connectivity index (χ2v) is 10.1. The number of likely N-dealkylation sites (N-methyl/N-ethyl adjacent to an activating group) is 1. The monoisotopic (exact) mass is 433 g/mol. The number of likely N-dealkylation sites (tertiary alicyclic amines) is 1. The second kappa shape index (κ2) is 7.50. The van der Waals surface area contributed by atoms with Crippen LogP contribution in [0.5, 0.6) is 0 Å². The Morgan fingerprint density at radius 1 is 1.25 bits per heavy atom. The fourth-order valence-electron chi connectivity index (χ4n) is 5.14. The minimum Gasteiger partial charge on any atom is -0.353 e. The zero-order chi connectivity index (χ0) is 22.6. The van der Waals surface area contributed by atoms with Crippen LogP contribution in [-0.4, -0.2) is 51.5 Å². The molecule has 2 aliphatic rings. The van der Waals surface area contributed by atoms with E-state index in [1.54, 1.807) is 16.8 Å². The van der Waals surface area contributed by atoms with E-state index in [2.05, 4.69) is 35.1 Å². The van der Waals surface area contributed by atoms with E-state index < -0.39 is 6.04 Å². The van der Waals surface area contributed by atoms with E-state index in [0.29, 0.717) is 18.4 Å². The second-order valence-electron chi connectivity index (χ2n) is 10.1. The molecule has 1 fully saturated rings. The van der Waals surface area contributed by atoms with Crippen molar-refractivity contribution in [1.82, 2.24) is 20.1 Å². The van der Waals surface area contributed by atoms with Crippen LogP contribution in [0, 0.1) is 5.41 Å². The van der Waals surface area contributed by atoms with Gasteiger partial charge in [-0.15, -0.1) is 0 Å². The fraction of sp³-hybridized carbons (Fsp3) is 0.480. The third-order valence-corrected chi connectivity index (χ3v) is 7.17. The van der Waals surface area contributed by atoms with Crippen LogP contribution in [0.4, 0.5) is 5.69 Å². The minimum atomic E-state index is -0.454. The van der Waals surface area contributed by atoms with Gasteiger partial charge >= 0.3 is 0 Å². The van der Waals surface area contributed by atoms with Crippen molar-refractivity contribution in [2.45, 2.75) is 58.9 Å². The van der Waals surface area contributed by atoms with Gasteiger partial charge in [0.2, 0.25) is 11.8 Å². The Bertz CT molecular complexity index is 1200. The molecule has 3 heterocycles. The van der Waals surface area contributed by atoms with Crippen LogP contribution in [0.3, 0.4) is 0 Å². The zero-order valence-electron chi connectivity index (χ0n) is 19.3. The molecule has 2 aromatic heterocycles. The van der Waals surface area contributed by atoms with E-state index in [0.717, 1.165) is 53.7 Å². The molecule has 7 nitrogen and oxygen atoms in total. The number of aromatic amines is 2. The Kier molecular flexibility index (Phi) is 4.87. The molecule has 1 unspecified atom stereocenters. The number of carbonyl (C=O) groups excluding carboxylic acids is 2. The van der Waals surface area contributed by atoms with Gasteiger partial charge in [0.05, 0.1) is 5.69 Å². The van der Waals surface area contributed by atoms with Gasteiger partial charge in [-0.25, -0.2) is 0 Å². The van der Waals surface area contributed by atoms with Crippen molar-refractivity contribution in [3.8, 4) is 11.4 Å². The quantitative estimate of drug-likeness (QED) is 0.651. The molecule has 0 radical (unpaired) electrons. The van der Waals surface area contributed by atoms with E-state index in [1.165, 1.54) is 11.3 Å². The molecule has 1 atom stereocenters. The lowest BCUT2D eigenvalue weighted by molar-refractivity contribution is -0.135. The van der Waals surface area contributed by atoms with Gasteiger partial charge in [0.1, 0.15) is 11.7 Å².